The van der Waals surface area contributed by atoms with Crippen molar-refractivity contribution in [1.82, 2.24) is 15.1 Å². The lowest BCUT2D eigenvalue weighted by molar-refractivity contribution is 0.0936. The maximum absolute atomic E-state index is 12.3. The number of nitrogens with one attached hydrogen (secondary N) is 1. The molecule has 120 valence electrons. The van der Waals surface area contributed by atoms with Crippen LogP contribution < -0.4 is 10.3 Å². The monoisotopic (exact) mass is 311 g/mol. The van der Waals surface area contributed by atoms with Crippen molar-refractivity contribution in [2.24, 2.45) is 5.10 Å². The van der Waals surface area contributed by atoms with Crippen LogP contribution in [0.1, 0.15) is 30.6 Å². The van der Waals surface area contributed by atoms with Crippen molar-refractivity contribution in [1.29, 1.82) is 0 Å². The average molecular weight is 311 g/mol. The number of rotatable bonds is 5. The predicted octanol–water partition coefficient (Wildman–Crippen LogP) is 2.29. The van der Waals surface area contributed by atoms with Crippen molar-refractivity contribution in [2.75, 3.05) is 11.6 Å². The van der Waals surface area contributed by atoms with Gasteiger partial charge in [-0.25, -0.2) is 0 Å². The Morgan fingerprint density at radius 3 is 2.74 bits per heavy atom. The summed E-state index contributed by atoms with van der Waals surface area (Å²) >= 11 is 0. The van der Waals surface area contributed by atoms with Gasteiger partial charge in [0.25, 0.3) is 5.91 Å². The van der Waals surface area contributed by atoms with Crippen molar-refractivity contribution >= 4 is 17.3 Å². The molecule has 6 heteroatoms. The first-order valence-corrected chi connectivity index (χ1v) is 7.82. The van der Waals surface area contributed by atoms with Crippen LogP contribution in [-0.4, -0.2) is 34.0 Å². The second-order valence-corrected chi connectivity index (χ2v) is 5.86. The third kappa shape index (κ3) is 3.77. The zero-order chi connectivity index (χ0) is 16.2. The highest BCUT2D eigenvalue weighted by Crippen LogP contribution is 2.19. The second kappa shape index (κ2) is 6.64. The smallest absolute Gasteiger partial charge is 0.251 e. The fourth-order valence-corrected chi connectivity index (χ4v) is 2.59. The zero-order valence-electron chi connectivity index (χ0n) is 13.4. The molecule has 0 aliphatic carbocycles. The van der Waals surface area contributed by atoms with Crippen molar-refractivity contribution < 1.29 is 4.79 Å². The van der Waals surface area contributed by atoms with Gasteiger partial charge in [0.1, 0.15) is 0 Å². The molecule has 1 amide bonds. The van der Waals surface area contributed by atoms with Gasteiger partial charge in [-0.1, -0.05) is 0 Å². The quantitative estimate of drug-likeness (QED) is 0.921. The van der Waals surface area contributed by atoms with E-state index in [1.807, 2.05) is 60.1 Å². The summed E-state index contributed by atoms with van der Waals surface area (Å²) in [5.41, 5.74) is 2.81. The highest BCUT2D eigenvalue weighted by molar-refractivity contribution is 5.94. The molecule has 0 fully saturated rings. The Morgan fingerprint density at radius 1 is 1.35 bits per heavy atom. The summed E-state index contributed by atoms with van der Waals surface area (Å²) in [6.45, 7) is 5.55. The van der Waals surface area contributed by atoms with Gasteiger partial charge in [0.15, 0.2) is 0 Å². The maximum Gasteiger partial charge on any atom is 0.251 e. The number of hydrazone groups is 1. The predicted molar refractivity (Wildman–Crippen MR) is 90.7 cm³/mol. The molecule has 1 aromatic heterocycles. The minimum Gasteiger partial charge on any atom is -0.348 e. The van der Waals surface area contributed by atoms with Gasteiger partial charge in [-0.3, -0.25) is 14.5 Å². The van der Waals surface area contributed by atoms with E-state index in [1.165, 1.54) is 0 Å². The van der Waals surface area contributed by atoms with E-state index in [1.54, 1.807) is 6.20 Å². The molecule has 23 heavy (non-hydrogen) atoms. The summed E-state index contributed by atoms with van der Waals surface area (Å²) in [5, 5.41) is 13.6. The largest absolute Gasteiger partial charge is 0.348 e. The molecule has 1 aromatic carbocycles. The normalized spacial score (nSPS) is 15.4. The Morgan fingerprint density at radius 2 is 2.13 bits per heavy atom. The lowest BCUT2D eigenvalue weighted by Crippen LogP contribution is -2.35. The van der Waals surface area contributed by atoms with Crippen molar-refractivity contribution in [2.45, 2.75) is 32.9 Å². The van der Waals surface area contributed by atoms with Gasteiger partial charge in [0, 0.05) is 42.7 Å². The number of hydrogen-bond donors (Lipinski definition) is 1. The lowest BCUT2D eigenvalue weighted by Gasteiger charge is -2.16. The number of hydrogen-bond acceptors (Lipinski definition) is 4. The van der Waals surface area contributed by atoms with Gasteiger partial charge in [0.2, 0.25) is 0 Å². The molecule has 0 spiro atoms. The average Bonchev–Trinajstić information content (AvgIpc) is 3.19. The van der Waals surface area contributed by atoms with Gasteiger partial charge in [0.05, 0.1) is 12.2 Å². The molecule has 6 nitrogen and oxygen atoms in total. The van der Waals surface area contributed by atoms with Crippen LogP contribution in [-0.2, 0) is 6.54 Å². The summed E-state index contributed by atoms with van der Waals surface area (Å²) in [6, 6.07) is 9.44. The van der Waals surface area contributed by atoms with E-state index >= 15 is 0 Å². The molecule has 2 heterocycles. The van der Waals surface area contributed by atoms with E-state index in [9.17, 15) is 4.79 Å². The van der Waals surface area contributed by atoms with E-state index < -0.39 is 0 Å². The number of aromatic nitrogens is 2. The number of amides is 1. The van der Waals surface area contributed by atoms with Gasteiger partial charge >= 0.3 is 0 Å². The number of nitrogens with zero attached hydrogens (tertiary/aromatic N) is 4. The lowest BCUT2D eigenvalue weighted by atomic mass is 10.1. The number of benzene rings is 1. The van der Waals surface area contributed by atoms with Gasteiger partial charge < -0.3 is 5.32 Å². The first-order chi connectivity index (χ1) is 11.1. The Hall–Kier alpha value is -2.63. The minimum atomic E-state index is -0.0719. The third-order valence-electron chi connectivity index (χ3n) is 3.80. The summed E-state index contributed by atoms with van der Waals surface area (Å²) in [4.78, 5) is 12.3. The fourth-order valence-electron chi connectivity index (χ4n) is 2.59. The molecule has 1 atom stereocenters. The molecule has 3 rings (SSSR count). The third-order valence-corrected chi connectivity index (χ3v) is 3.80. The minimum absolute atomic E-state index is 0.00732. The number of anilines is 1. The molecule has 1 aliphatic rings. The van der Waals surface area contributed by atoms with Crippen molar-refractivity contribution in [3.05, 3.63) is 48.3 Å². The summed E-state index contributed by atoms with van der Waals surface area (Å²) in [6.07, 6.45) is 4.61. The molecular formula is C17H21N5O. The molecule has 1 unspecified atom stereocenters. The molecule has 0 bridgehead atoms. The Bertz CT molecular complexity index is 690. The molecule has 0 radical (unpaired) electrons. The summed E-state index contributed by atoms with van der Waals surface area (Å²) < 4.78 is 1.81. The molecule has 1 N–H and O–H groups in total. The summed E-state index contributed by atoms with van der Waals surface area (Å²) in [5.74, 6) is -0.0719. The first-order valence-electron chi connectivity index (χ1n) is 7.82. The van der Waals surface area contributed by atoms with E-state index in [4.69, 9.17) is 0 Å². The topological polar surface area (TPSA) is 62.5 Å². The Balaban J connectivity index is 1.59. The van der Waals surface area contributed by atoms with E-state index in [-0.39, 0.29) is 11.9 Å². The van der Waals surface area contributed by atoms with Crippen LogP contribution in [0.4, 0.5) is 5.69 Å². The van der Waals surface area contributed by atoms with Crippen LogP contribution in [0.25, 0.3) is 0 Å². The van der Waals surface area contributed by atoms with Crippen LogP contribution in [0.2, 0.25) is 0 Å². The molecule has 0 saturated carbocycles. The van der Waals surface area contributed by atoms with E-state index in [0.29, 0.717) is 12.1 Å². The molecule has 2 aromatic rings. The Kier molecular flexibility index (Phi) is 4.41. The van der Waals surface area contributed by atoms with Gasteiger partial charge in [-0.05, 0) is 44.2 Å². The highest BCUT2D eigenvalue weighted by Gasteiger charge is 2.14. The van der Waals surface area contributed by atoms with Gasteiger partial charge in [-0.2, -0.15) is 10.2 Å². The van der Waals surface area contributed by atoms with Crippen molar-refractivity contribution in [3.63, 3.8) is 0 Å². The zero-order valence-corrected chi connectivity index (χ0v) is 13.4. The van der Waals surface area contributed by atoms with E-state index in [2.05, 4.69) is 15.5 Å². The number of carbonyl (C=O) groups is 1. The van der Waals surface area contributed by atoms with Crippen LogP contribution in [0.5, 0.6) is 0 Å². The highest BCUT2D eigenvalue weighted by atomic mass is 16.1. The standard InChI is InChI=1S/C17H21N5O/c1-13-8-11-22(20-13)16-6-4-15(5-7-16)17(23)19-14(2)12-21-10-3-9-18-21/h3-7,9-10,14H,8,11-12H2,1-2H3,(H,19,23). The van der Waals surface area contributed by atoms with E-state index in [0.717, 1.165) is 24.4 Å². The van der Waals surface area contributed by atoms with Crippen LogP contribution in [0, 0.1) is 0 Å². The van der Waals surface area contributed by atoms with Crippen LogP contribution >= 0.6 is 0 Å². The number of carbonyl (C=O) groups excluding carboxylic acids is 1. The molecule has 1 aliphatic heterocycles. The first kappa shape index (κ1) is 15.3. The van der Waals surface area contributed by atoms with Crippen LogP contribution in [0.15, 0.2) is 47.8 Å². The fraction of sp³-hybridized carbons (Fsp3) is 0.353. The Labute approximate surface area is 135 Å². The van der Waals surface area contributed by atoms with Crippen molar-refractivity contribution in [3.8, 4) is 0 Å². The maximum atomic E-state index is 12.3. The van der Waals surface area contributed by atoms with Crippen LogP contribution in [0.3, 0.4) is 0 Å². The molecular weight excluding hydrogens is 290 g/mol. The summed E-state index contributed by atoms with van der Waals surface area (Å²) in [7, 11) is 0. The second-order valence-electron chi connectivity index (χ2n) is 5.86. The van der Waals surface area contributed by atoms with Gasteiger partial charge in [-0.15, -0.1) is 0 Å². The SMILES string of the molecule is CC1=NN(c2ccc(C(=O)NC(C)Cn3cccn3)cc2)CC1. The molecule has 0 saturated heterocycles.